The van der Waals surface area contributed by atoms with E-state index in [9.17, 15) is 8.96 Å². The Labute approximate surface area is 52.8 Å². The average molecular weight is 133 g/mol. The first-order valence-corrected chi connectivity index (χ1v) is 3.08. The predicted octanol–water partition coefficient (Wildman–Crippen LogP) is 2.17. The fraction of sp³-hybridized carbons (Fsp3) is 0.667. The van der Waals surface area contributed by atoms with Crippen LogP contribution in [0, 0.1) is 0 Å². The van der Waals surface area contributed by atoms with Crippen molar-refractivity contribution >= 4 is 0 Å². The van der Waals surface area contributed by atoms with Gasteiger partial charge in [-0.3, -0.25) is 0 Å². The SMILES string of the molecule is FN(F)C1C=CCCC1. The number of hydrogen-bond donors (Lipinski definition) is 0. The minimum atomic E-state index is -0.727. The van der Waals surface area contributed by atoms with Gasteiger partial charge in [0.2, 0.25) is 0 Å². The van der Waals surface area contributed by atoms with Crippen molar-refractivity contribution in [3.05, 3.63) is 12.2 Å². The molecule has 1 unspecified atom stereocenters. The Kier molecular flexibility index (Phi) is 2.16. The van der Waals surface area contributed by atoms with Crippen LogP contribution in [-0.4, -0.2) is 11.4 Å². The summed E-state index contributed by atoms with van der Waals surface area (Å²) in [5.41, 5.74) is 0. The quantitative estimate of drug-likeness (QED) is 0.391. The monoisotopic (exact) mass is 133 g/mol. The van der Waals surface area contributed by atoms with Crippen molar-refractivity contribution in [3.63, 3.8) is 0 Å². The molecule has 0 amide bonds. The summed E-state index contributed by atoms with van der Waals surface area (Å²) in [5, 5.41) is -0.727. The highest BCUT2D eigenvalue weighted by molar-refractivity contribution is 4.95. The van der Waals surface area contributed by atoms with E-state index in [2.05, 4.69) is 0 Å². The van der Waals surface area contributed by atoms with Crippen LogP contribution in [0.15, 0.2) is 12.2 Å². The van der Waals surface area contributed by atoms with Crippen LogP contribution in [0.4, 0.5) is 8.96 Å². The molecule has 0 spiro atoms. The van der Waals surface area contributed by atoms with Crippen LogP contribution in [0.1, 0.15) is 19.3 Å². The van der Waals surface area contributed by atoms with Gasteiger partial charge in [-0.1, -0.05) is 12.2 Å². The fourth-order valence-electron chi connectivity index (χ4n) is 0.957. The predicted molar refractivity (Wildman–Crippen MR) is 30.8 cm³/mol. The van der Waals surface area contributed by atoms with Gasteiger partial charge in [0, 0.05) is 5.34 Å². The maximum Gasteiger partial charge on any atom is 0.0910 e. The molecule has 0 radical (unpaired) electrons. The van der Waals surface area contributed by atoms with Crippen molar-refractivity contribution in [2.45, 2.75) is 25.3 Å². The lowest BCUT2D eigenvalue weighted by atomic mass is 10.0. The van der Waals surface area contributed by atoms with Crippen LogP contribution >= 0.6 is 0 Å². The normalized spacial score (nSPS) is 27.2. The van der Waals surface area contributed by atoms with Gasteiger partial charge in [0.25, 0.3) is 0 Å². The molecule has 52 valence electrons. The zero-order valence-corrected chi connectivity index (χ0v) is 5.06. The molecule has 1 aliphatic carbocycles. The van der Waals surface area contributed by atoms with Gasteiger partial charge in [0.1, 0.15) is 0 Å². The zero-order chi connectivity index (χ0) is 6.69. The van der Waals surface area contributed by atoms with E-state index in [4.69, 9.17) is 0 Å². The van der Waals surface area contributed by atoms with Gasteiger partial charge in [-0.25, -0.2) is 0 Å². The molecule has 0 saturated carbocycles. The number of rotatable bonds is 1. The molecule has 1 aliphatic rings. The van der Waals surface area contributed by atoms with E-state index in [1.165, 1.54) is 0 Å². The second-order valence-electron chi connectivity index (χ2n) is 2.19. The molecule has 0 heterocycles. The molecule has 3 heteroatoms. The van der Waals surface area contributed by atoms with Gasteiger partial charge < -0.3 is 0 Å². The van der Waals surface area contributed by atoms with Gasteiger partial charge in [0.15, 0.2) is 0 Å². The van der Waals surface area contributed by atoms with Crippen LogP contribution in [-0.2, 0) is 0 Å². The van der Waals surface area contributed by atoms with E-state index in [0.717, 1.165) is 12.8 Å². The van der Waals surface area contributed by atoms with Gasteiger partial charge in [-0.15, -0.1) is 8.96 Å². The maximum absolute atomic E-state index is 11.7. The van der Waals surface area contributed by atoms with Gasteiger partial charge in [-0.05, 0) is 19.3 Å². The minimum absolute atomic E-state index is 0.587. The molecule has 0 bridgehead atoms. The molecule has 1 rings (SSSR count). The Morgan fingerprint density at radius 2 is 2.22 bits per heavy atom. The molecule has 0 fully saturated rings. The standard InChI is InChI=1S/C6H9F2N/c7-9(8)6-4-2-1-3-5-6/h2,4,6H,1,3,5H2. The molecular formula is C6H9F2N. The number of nitrogens with zero attached hydrogens (tertiary/aromatic N) is 1. The summed E-state index contributed by atoms with van der Waals surface area (Å²) in [6.07, 6.45) is 5.78. The van der Waals surface area contributed by atoms with E-state index in [1.54, 1.807) is 12.2 Å². The molecule has 1 atom stereocenters. The highest BCUT2D eigenvalue weighted by Crippen LogP contribution is 2.16. The highest BCUT2D eigenvalue weighted by atomic mass is 19.4. The summed E-state index contributed by atoms with van der Waals surface area (Å²) in [6, 6.07) is -0.626. The van der Waals surface area contributed by atoms with Crippen molar-refractivity contribution in [1.29, 1.82) is 0 Å². The minimum Gasteiger partial charge on any atom is -0.101 e. The van der Waals surface area contributed by atoms with Crippen molar-refractivity contribution in [2.24, 2.45) is 0 Å². The second-order valence-corrected chi connectivity index (χ2v) is 2.19. The second kappa shape index (κ2) is 2.92. The first kappa shape index (κ1) is 6.68. The Morgan fingerprint density at radius 3 is 2.56 bits per heavy atom. The lowest BCUT2D eigenvalue weighted by Gasteiger charge is -2.14. The largest absolute Gasteiger partial charge is 0.101 e. The van der Waals surface area contributed by atoms with E-state index >= 15 is 0 Å². The first-order chi connectivity index (χ1) is 4.30. The van der Waals surface area contributed by atoms with Crippen LogP contribution in [0.25, 0.3) is 0 Å². The number of hydrogen-bond acceptors (Lipinski definition) is 1. The molecule has 0 aromatic carbocycles. The Morgan fingerprint density at radius 1 is 1.44 bits per heavy atom. The number of allylic oxidation sites excluding steroid dienone is 1. The van der Waals surface area contributed by atoms with Crippen LogP contribution in [0.3, 0.4) is 0 Å². The summed E-state index contributed by atoms with van der Waals surface area (Å²) in [7, 11) is 0. The molecule has 0 aromatic heterocycles. The third kappa shape index (κ3) is 1.75. The molecule has 9 heavy (non-hydrogen) atoms. The Balaban J connectivity index is 2.40. The molecular weight excluding hydrogens is 124 g/mol. The van der Waals surface area contributed by atoms with Gasteiger partial charge >= 0.3 is 0 Å². The van der Waals surface area contributed by atoms with Gasteiger partial charge in [0.05, 0.1) is 6.04 Å². The van der Waals surface area contributed by atoms with Crippen molar-refractivity contribution in [3.8, 4) is 0 Å². The Hall–Kier alpha value is -0.440. The van der Waals surface area contributed by atoms with Crippen molar-refractivity contribution in [2.75, 3.05) is 0 Å². The molecule has 0 N–H and O–H groups in total. The lowest BCUT2D eigenvalue weighted by molar-refractivity contribution is -0.177. The smallest absolute Gasteiger partial charge is 0.0910 e. The molecule has 0 saturated heterocycles. The molecule has 1 nitrogen and oxygen atoms in total. The zero-order valence-electron chi connectivity index (χ0n) is 5.06. The summed E-state index contributed by atoms with van der Waals surface area (Å²) in [6.45, 7) is 0. The lowest BCUT2D eigenvalue weighted by Crippen LogP contribution is -2.19. The average Bonchev–Trinajstić information content (AvgIpc) is 1.90. The van der Waals surface area contributed by atoms with E-state index in [-0.39, 0.29) is 0 Å². The van der Waals surface area contributed by atoms with Crippen molar-refractivity contribution in [1.82, 2.24) is 5.34 Å². The first-order valence-electron chi connectivity index (χ1n) is 3.08. The van der Waals surface area contributed by atoms with Crippen LogP contribution in [0.2, 0.25) is 0 Å². The third-order valence-electron chi connectivity index (χ3n) is 1.48. The van der Waals surface area contributed by atoms with E-state index in [1.807, 2.05) is 0 Å². The van der Waals surface area contributed by atoms with Crippen molar-refractivity contribution < 1.29 is 8.96 Å². The van der Waals surface area contributed by atoms with Crippen LogP contribution in [0.5, 0.6) is 0 Å². The third-order valence-corrected chi connectivity index (χ3v) is 1.48. The van der Waals surface area contributed by atoms with E-state index < -0.39 is 11.4 Å². The van der Waals surface area contributed by atoms with Crippen LogP contribution < -0.4 is 0 Å². The van der Waals surface area contributed by atoms with Gasteiger partial charge in [-0.2, -0.15) is 0 Å². The fourth-order valence-corrected chi connectivity index (χ4v) is 0.957. The maximum atomic E-state index is 11.7. The van der Waals surface area contributed by atoms with E-state index in [0.29, 0.717) is 6.42 Å². The summed E-state index contributed by atoms with van der Waals surface area (Å²) in [5.74, 6) is 0. The summed E-state index contributed by atoms with van der Waals surface area (Å²) in [4.78, 5) is 0. The highest BCUT2D eigenvalue weighted by Gasteiger charge is 2.15. The summed E-state index contributed by atoms with van der Waals surface area (Å²) < 4.78 is 23.4. The molecule has 0 aliphatic heterocycles. The topological polar surface area (TPSA) is 3.24 Å². The number of halogens is 2. The summed E-state index contributed by atoms with van der Waals surface area (Å²) >= 11 is 0. The Bertz CT molecular complexity index is 112. The molecule has 0 aromatic rings.